The molecule has 0 aliphatic carbocycles. The molecule has 0 radical (unpaired) electrons. The van der Waals surface area contributed by atoms with Crippen LogP contribution in [0.2, 0.25) is 0 Å². The lowest BCUT2D eigenvalue weighted by Crippen LogP contribution is -2.38. The number of hydrogen-bond donors (Lipinski definition) is 1. The summed E-state index contributed by atoms with van der Waals surface area (Å²) in [5, 5.41) is 2.76. The van der Waals surface area contributed by atoms with Crippen LogP contribution in [0.3, 0.4) is 0 Å². The zero-order valence-electron chi connectivity index (χ0n) is 16.1. The first-order valence-corrected chi connectivity index (χ1v) is 10.9. The quantitative estimate of drug-likeness (QED) is 0.847. The first-order chi connectivity index (χ1) is 13.3. The number of fused-ring (bicyclic) bond motifs is 1. The van der Waals surface area contributed by atoms with Crippen molar-refractivity contribution in [3.63, 3.8) is 0 Å². The van der Waals surface area contributed by atoms with E-state index in [1.54, 1.807) is 16.4 Å². The van der Waals surface area contributed by atoms with Crippen LogP contribution in [0.1, 0.15) is 41.0 Å². The Morgan fingerprint density at radius 2 is 1.75 bits per heavy atom. The van der Waals surface area contributed by atoms with Gasteiger partial charge in [-0.25, -0.2) is 13.2 Å². The third kappa shape index (κ3) is 3.52. The number of nitrogens with one attached hydrogen (secondary N) is 1. The number of ether oxygens (including phenoxy) is 1. The predicted octanol–water partition coefficient (Wildman–Crippen LogP) is 3.93. The Hall–Kier alpha value is -2.38. The molecule has 6 nitrogen and oxygen atoms in total. The molecule has 0 bridgehead atoms. The average molecular weight is 401 g/mol. The van der Waals surface area contributed by atoms with E-state index >= 15 is 0 Å². The summed E-state index contributed by atoms with van der Waals surface area (Å²) in [5.41, 5.74) is 5.05. The standard InChI is InChI=1S/C21H24N2O4S/c1-14-3-5-19(6-4-14)28(25,26)23-9-7-16(8-10-23)17-11-15(2)20-18(12-17)13-27-21(24)22-20/h3-6,11-12,16H,7-10,13H2,1-2H3,(H,22,24). The maximum atomic E-state index is 12.9. The Kier molecular flexibility index (Phi) is 4.89. The average Bonchev–Trinajstić information content (AvgIpc) is 2.69. The van der Waals surface area contributed by atoms with Gasteiger partial charge >= 0.3 is 6.09 Å². The summed E-state index contributed by atoms with van der Waals surface area (Å²) < 4.78 is 32.4. The van der Waals surface area contributed by atoms with E-state index in [4.69, 9.17) is 4.74 Å². The summed E-state index contributed by atoms with van der Waals surface area (Å²) in [7, 11) is -3.45. The number of nitrogens with zero attached hydrogens (tertiary/aromatic N) is 1. The number of hydrogen-bond acceptors (Lipinski definition) is 4. The number of benzene rings is 2. The molecule has 148 valence electrons. The van der Waals surface area contributed by atoms with Gasteiger partial charge in [-0.2, -0.15) is 4.31 Å². The molecule has 2 aromatic rings. The van der Waals surface area contributed by atoms with Crippen LogP contribution in [0.25, 0.3) is 0 Å². The van der Waals surface area contributed by atoms with Crippen molar-refractivity contribution in [1.29, 1.82) is 0 Å². The minimum atomic E-state index is -3.45. The molecule has 0 aromatic heterocycles. The maximum Gasteiger partial charge on any atom is 0.411 e. The number of carbonyl (C=O) groups excluding carboxylic acids is 1. The first-order valence-electron chi connectivity index (χ1n) is 9.48. The summed E-state index contributed by atoms with van der Waals surface area (Å²) in [6.07, 6.45) is 1.13. The fraction of sp³-hybridized carbons (Fsp3) is 0.381. The normalized spacial score (nSPS) is 18.3. The van der Waals surface area contributed by atoms with Crippen LogP contribution in [-0.2, 0) is 21.4 Å². The van der Waals surface area contributed by atoms with E-state index in [0.29, 0.717) is 23.9 Å². The summed E-state index contributed by atoms with van der Waals surface area (Å²) in [6, 6.07) is 11.2. The highest BCUT2D eigenvalue weighted by molar-refractivity contribution is 7.89. The van der Waals surface area contributed by atoms with Gasteiger partial charge in [0.2, 0.25) is 10.0 Å². The minimum absolute atomic E-state index is 0.274. The molecular weight excluding hydrogens is 376 g/mol. The molecule has 28 heavy (non-hydrogen) atoms. The van der Waals surface area contributed by atoms with Crippen molar-refractivity contribution >= 4 is 21.8 Å². The molecule has 2 aliphatic rings. The van der Waals surface area contributed by atoms with E-state index < -0.39 is 16.1 Å². The van der Waals surface area contributed by atoms with Gasteiger partial charge in [-0.05, 0) is 55.9 Å². The molecule has 0 unspecified atom stereocenters. The van der Waals surface area contributed by atoms with Crippen molar-refractivity contribution in [3.05, 3.63) is 58.7 Å². The Morgan fingerprint density at radius 3 is 2.43 bits per heavy atom. The van der Waals surface area contributed by atoms with Gasteiger partial charge in [-0.1, -0.05) is 29.8 Å². The second-order valence-corrected chi connectivity index (χ2v) is 9.50. The monoisotopic (exact) mass is 400 g/mol. The van der Waals surface area contributed by atoms with Crippen molar-refractivity contribution in [2.24, 2.45) is 0 Å². The van der Waals surface area contributed by atoms with Crippen LogP contribution >= 0.6 is 0 Å². The first kappa shape index (κ1) is 19.0. The lowest BCUT2D eigenvalue weighted by Gasteiger charge is -2.32. The number of amides is 1. The SMILES string of the molecule is Cc1ccc(S(=O)(=O)N2CCC(c3cc(C)c4c(c3)COC(=O)N4)CC2)cc1. The number of sulfonamides is 1. The predicted molar refractivity (Wildman–Crippen MR) is 107 cm³/mol. The molecule has 0 atom stereocenters. The van der Waals surface area contributed by atoms with E-state index in [1.807, 2.05) is 26.0 Å². The second kappa shape index (κ2) is 7.22. The van der Waals surface area contributed by atoms with Crippen molar-refractivity contribution in [1.82, 2.24) is 4.31 Å². The summed E-state index contributed by atoms with van der Waals surface area (Å²) in [6.45, 7) is 5.20. The largest absolute Gasteiger partial charge is 0.444 e. The molecule has 1 N–H and O–H groups in total. The second-order valence-electron chi connectivity index (χ2n) is 7.56. The van der Waals surface area contributed by atoms with Crippen molar-refractivity contribution in [3.8, 4) is 0 Å². The molecule has 1 saturated heterocycles. The van der Waals surface area contributed by atoms with Crippen LogP contribution < -0.4 is 5.32 Å². The van der Waals surface area contributed by atoms with E-state index in [2.05, 4.69) is 17.4 Å². The number of anilines is 1. The van der Waals surface area contributed by atoms with Gasteiger partial charge in [0, 0.05) is 18.7 Å². The van der Waals surface area contributed by atoms with Crippen LogP contribution in [0, 0.1) is 13.8 Å². The van der Waals surface area contributed by atoms with Crippen LogP contribution in [0.15, 0.2) is 41.3 Å². The van der Waals surface area contributed by atoms with Crippen molar-refractivity contribution in [2.75, 3.05) is 18.4 Å². The summed E-state index contributed by atoms with van der Waals surface area (Å²) in [4.78, 5) is 11.8. The van der Waals surface area contributed by atoms with Crippen LogP contribution in [0.4, 0.5) is 10.5 Å². The molecule has 0 saturated carbocycles. The smallest absolute Gasteiger partial charge is 0.411 e. The van der Waals surface area contributed by atoms with Gasteiger partial charge in [0.05, 0.1) is 10.6 Å². The van der Waals surface area contributed by atoms with E-state index in [-0.39, 0.29) is 6.61 Å². The molecule has 7 heteroatoms. The summed E-state index contributed by atoms with van der Waals surface area (Å²) >= 11 is 0. The minimum Gasteiger partial charge on any atom is -0.444 e. The molecule has 0 spiro atoms. The van der Waals surface area contributed by atoms with Crippen molar-refractivity contribution < 1.29 is 17.9 Å². The van der Waals surface area contributed by atoms with Gasteiger partial charge in [0.15, 0.2) is 0 Å². The third-order valence-corrected chi connectivity index (χ3v) is 7.52. The molecular formula is C21H24N2O4S. The molecule has 4 rings (SSSR count). The highest BCUT2D eigenvalue weighted by atomic mass is 32.2. The summed E-state index contributed by atoms with van der Waals surface area (Å²) in [5.74, 6) is 0.297. The molecule has 2 aliphatic heterocycles. The zero-order valence-corrected chi connectivity index (χ0v) is 16.9. The number of piperidine rings is 1. The van der Waals surface area contributed by atoms with E-state index in [0.717, 1.165) is 35.2 Å². The lowest BCUT2D eigenvalue weighted by atomic mass is 9.87. The lowest BCUT2D eigenvalue weighted by molar-refractivity contribution is 0.151. The van der Waals surface area contributed by atoms with Gasteiger partial charge in [0.25, 0.3) is 0 Å². The van der Waals surface area contributed by atoms with E-state index in [9.17, 15) is 13.2 Å². The third-order valence-electron chi connectivity index (χ3n) is 5.61. The van der Waals surface area contributed by atoms with Gasteiger partial charge < -0.3 is 4.74 Å². The van der Waals surface area contributed by atoms with E-state index in [1.165, 1.54) is 5.56 Å². The Balaban J connectivity index is 1.49. The Bertz CT molecular complexity index is 1010. The zero-order chi connectivity index (χ0) is 19.9. The highest BCUT2D eigenvalue weighted by Crippen LogP contribution is 2.35. The van der Waals surface area contributed by atoms with Gasteiger partial charge in [-0.3, -0.25) is 5.32 Å². The van der Waals surface area contributed by atoms with Gasteiger partial charge in [0.1, 0.15) is 6.61 Å². The molecule has 2 heterocycles. The molecule has 1 amide bonds. The Morgan fingerprint density at radius 1 is 1.07 bits per heavy atom. The fourth-order valence-corrected chi connectivity index (χ4v) is 5.46. The number of carbonyl (C=O) groups is 1. The maximum absolute atomic E-state index is 12.9. The topological polar surface area (TPSA) is 75.7 Å². The molecule has 1 fully saturated rings. The molecule has 2 aromatic carbocycles. The Labute approximate surface area is 165 Å². The van der Waals surface area contributed by atoms with Crippen LogP contribution in [0.5, 0.6) is 0 Å². The number of aryl methyl sites for hydroxylation is 2. The van der Waals surface area contributed by atoms with Gasteiger partial charge in [-0.15, -0.1) is 0 Å². The fourth-order valence-electron chi connectivity index (χ4n) is 3.99. The number of cyclic esters (lactones) is 1. The highest BCUT2D eigenvalue weighted by Gasteiger charge is 2.30. The van der Waals surface area contributed by atoms with Crippen LogP contribution in [-0.4, -0.2) is 31.9 Å². The number of rotatable bonds is 3. The van der Waals surface area contributed by atoms with Crippen molar-refractivity contribution in [2.45, 2.75) is 44.1 Å².